The van der Waals surface area contributed by atoms with Crippen LogP contribution in [0.3, 0.4) is 0 Å². The summed E-state index contributed by atoms with van der Waals surface area (Å²) in [5, 5.41) is 0. The van der Waals surface area contributed by atoms with Crippen molar-refractivity contribution in [3.63, 3.8) is 0 Å². The minimum atomic E-state index is -0.285. The molecule has 1 aromatic carbocycles. The summed E-state index contributed by atoms with van der Waals surface area (Å²) in [5.74, 6) is 0.675. The Morgan fingerprint density at radius 2 is 0.969 bits per heavy atom. The molecule has 0 aliphatic rings. The largest absolute Gasteiger partial charge is 0.115 e. The van der Waals surface area contributed by atoms with E-state index in [9.17, 15) is 0 Å². The first-order valence-electron chi connectivity index (χ1n) is 14.3. The molecule has 0 aliphatic carbocycles. The average molecular weight is 463 g/mol. The van der Waals surface area contributed by atoms with Crippen molar-refractivity contribution in [3.05, 3.63) is 35.4 Å². The molecular weight excluding hydrogens is 408 g/mol. The summed E-state index contributed by atoms with van der Waals surface area (Å²) >= 11 is 6.81. The van der Waals surface area contributed by atoms with Gasteiger partial charge < -0.3 is 0 Å². The molecule has 186 valence electrons. The van der Waals surface area contributed by atoms with Gasteiger partial charge in [-0.2, -0.15) is 0 Å². The highest BCUT2D eigenvalue weighted by molar-refractivity contribution is 6.23. The Hall–Kier alpha value is -0.490. The first kappa shape index (κ1) is 29.5. The summed E-state index contributed by atoms with van der Waals surface area (Å²) < 4.78 is 0. The van der Waals surface area contributed by atoms with E-state index < -0.39 is 0 Å². The molecule has 0 aliphatic heterocycles. The maximum absolute atomic E-state index is 6.81. The minimum absolute atomic E-state index is 0.285. The standard InChI is InChI=1S/C31H55Cl/c1-5-7-9-11-13-15-17-19-21-25-28(24-20-18-16-14-12-10-8-6-2)29-26-22-23-27-30(29)31(3,4)32/h22-23,26-28H,5-21,24-25H2,1-4H3. The van der Waals surface area contributed by atoms with Gasteiger partial charge in [-0.15, -0.1) is 11.6 Å². The number of halogens is 1. The van der Waals surface area contributed by atoms with E-state index in [1.807, 2.05) is 0 Å². The second-order valence-electron chi connectivity index (χ2n) is 10.6. The zero-order valence-corrected chi connectivity index (χ0v) is 23.0. The summed E-state index contributed by atoms with van der Waals surface area (Å²) in [6.45, 7) is 8.90. The van der Waals surface area contributed by atoms with Gasteiger partial charge in [0.15, 0.2) is 0 Å². The molecule has 1 unspecified atom stereocenters. The van der Waals surface area contributed by atoms with Crippen LogP contribution in [0.5, 0.6) is 0 Å². The molecule has 0 heterocycles. The highest BCUT2D eigenvalue weighted by atomic mass is 35.5. The first-order chi connectivity index (χ1) is 15.5. The third-order valence-corrected chi connectivity index (χ3v) is 7.31. The van der Waals surface area contributed by atoms with E-state index in [-0.39, 0.29) is 4.87 Å². The van der Waals surface area contributed by atoms with Crippen LogP contribution in [-0.4, -0.2) is 0 Å². The first-order valence-corrected chi connectivity index (χ1v) is 14.7. The zero-order chi connectivity index (χ0) is 23.5. The molecule has 0 fully saturated rings. The number of hydrogen-bond donors (Lipinski definition) is 0. The van der Waals surface area contributed by atoms with Crippen LogP contribution in [-0.2, 0) is 4.87 Å². The van der Waals surface area contributed by atoms with Crippen LogP contribution in [0.2, 0.25) is 0 Å². The van der Waals surface area contributed by atoms with E-state index in [0.717, 1.165) is 0 Å². The van der Waals surface area contributed by atoms with Crippen molar-refractivity contribution in [2.24, 2.45) is 0 Å². The monoisotopic (exact) mass is 462 g/mol. The maximum Gasteiger partial charge on any atom is 0.0641 e. The average Bonchev–Trinajstić information content (AvgIpc) is 2.77. The number of rotatable bonds is 21. The van der Waals surface area contributed by atoms with Gasteiger partial charge in [-0.05, 0) is 43.7 Å². The number of benzene rings is 1. The molecule has 0 N–H and O–H groups in total. The predicted octanol–water partition coefficient (Wildman–Crippen LogP) is 11.7. The van der Waals surface area contributed by atoms with E-state index >= 15 is 0 Å². The van der Waals surface area contributed by atoms with Crippen LogP contribution in [0.1, 0.15) is 167 Å². The van der Waals surface area contributed by atoms with Crippen molar-refractivity contribution >= 4 is 11.6 Å². The lowest BCUT2D eigenvalue weighted by atomic mass is 9.82. The van der Waals surface area contributed by atoms with Crippen molar-refractivity contribution in [1.82, 2.24) is 0 Å². The topological polar surface area (TPSA) is 0 Å². The Morgan fingerprint density at radius 1 is 0.594 bits per heavy atom. The third kappa shape index (κ3) is 13.9. The summed E-state index contributed by atoms with van der Waals surface area (Å²) in [7, 11) is 0. The normalized spacial score (nSPS) is 12.9. The van der Waals surface area contributed by atoms with Crippen molar-refractivity contribution in [3.8, 4) is 0 Å². The van der Waals surface area contributed by atoms with E-state index in [0.29, 0.717) is 5.92 Å². The molecular formula is C31H55Cl. The van der Waals surface area contributed by atoms with E-state index in [1.54, 1.807) is 0 Å². The molecule has 1 aromatic rings. The second kappa shape index (κ2) is 18.9. The minimum Gasteiger partial charge on any atom is -0.115 e. The van der Waals surface area contributed by atoms with Crippen LogP contribution < -0.4 is 0 Å². The zero-order valence-electron chi connectivity index (χ0n) is 22.2. The lowest BCUT2D eigenvalue weighted by molar-refractivity contribution is 0.478. The Bertz CT molecular complexity index is 542. The molecule has 1 heteroatoms. The molecule has 0 spiro atoms. The molecule has 0 nitrogen and oxygen atoms in total. The fraction of sp³-hybridized carbons (Fsp3) is 0.806. The smallest absolute Gasteiger partial charge is 0.0641 e. The maximum atomic E-state index is 6.81. The SMILES string of the molecule is CCCCCCCCCCCC(CCCCCCCCCC)c1ccccc1C(C)(C)Cl. The lowest BCUT2D eigenvalue weighted by Crippen LogP contribution is -2.14. The molecule has 1 atom stereocenters. The molecule has 0 radical (unpaired) electrons. The molecule has 32 heavy (non-hydrogen) atoms. The van der Waals surface area contributed by atoms with Gasteiger partial charge in [0.25, 0.3) is 0 Å². The Balaban J connectivity index is 2.48. The van der Waals surface area contributed by atoms with Gasteiger partial charge in [-0.3, -0.25) is 0 Å². The summed E-state index contributed by atoms with van der Waals surface area (Å²) in [5.41, 5.74) is 2.87. The van der Waals surface area contributed by atoms with Gasteiger partial charge in [0, 0.05) is 0 Å². The van der Waals surface area contributed by atoms with Crippen molar-refractivity contribution in [2.75, 3.05) is 0 Å². The Morgan fingerprint density at radius 3 is 1.38 bits per heavy atom. The van der Waals surface area contributed by atoms with Crippen LogP contribution in [0.4, 0.5) is 0 Å². The molecule has 0 bridgehead atoms. The molecule has 0 saturated heterocycles. The predicted molar refractivity (Wildman–Crippen MR) is 147 cm³/mol. The van der Waals surface area contributed by atoms with Crippen molar-refractivity contribution in [2.45, 2.75) is 160 Å². The van der Waals surface area contributed by atoms with Gasteiger partial charge in [-0.25, -0.2) is 0 Å². The third-order valence-electron chi connectivity index (χ3n) is 7.10. The van der Waals surface area contributed by atoms with Gasteiger partial charge >= 0.3 is 0 Å². The van der Waals surface area contributed by atoms with Crippen LogP contribution in [0.25, 0.3) is 0 Å². The quantitative estimate of drug-likeness (QED) is 0.126. The molecule has 0 saturated carbocycles. The summed E-state index contributed by atoms with van der Waals surface area (Å²) in [6.07, 6.45) is 26.5. The Labute approximate surface area is 207 Å². The molecule has 1 rings (SSSR count). The summed E-state index contributed by atoms with van der Waals surface area (Å²) in [6, 6.07) is 9.01. The van der Waals surface area contributed by atoms with E-state index in [2.05, 4.69) is 52.0 Å². The Kier molecular flexibility index (Phi) is 17.4. The number of unbranched alkanes of at least 4 members (excludes halogenated alkanes) is 15. The van der Waals surface area contributed by atoms with Crippen LogP contribution >= 0.6 is 11.6 Å². The van der Waals surface area contributed by atoms with Gasteiger partial charge in [0.05, 0.1) is 4.87 Å². The fourth-order valence-corrected chi connectivity index (χ4v) is 5.25. The van der Waals surface area contributed by atoms with Crippen molar-refractivity contribution in [1.29, 1.82) is 0 Å². The van der Waals surface area contributed by atoms with E-state index in [1.165, 1.54) is 133 Å². The molecule has 0 amide bonds. The number of alkyl halides is 1. The summed E-state index contributed by atoms with van der Waals surface area (Å²) in [4.78, 5) is -0.285. The van der Waals surface area contributed by atoms with Crippen LogP contribution in [0.15, 0.2) is 24.3 Å². The van der Waals surface area contributed by atoms with Gasteiger partial charge in [-0.1, -0.05) is 147 Å². The van der Waals surface area contributed by atoms with Gasteiger partial charge in [0.1, 0.15) is 0 Å². The second-order valence-corrected chi connectivity index (χ2v) is 11.6. The van der Waals surface area contributed by atoms with E-state index in [4.69, 9.17) is 11.6 Å². The number of hydrogen-bond acceptors (Lipinski definition) is 0. The molecule has 0 aromatic heterocycles. The highest BCUT2D eigenvalue weighted by Crippen LogP contribution is 2.38. The van der Waals surface area contributed by atoms with Crippen LogP contribution in [0, 0.1) is 0 Å². The highest BCUT2D eigenvalue weighted by Gasteiger charge is 2.24. The van der Waals surface area contributed by atoms with Crippen molar-refractivity contribution < 1.29 is 0 Å². The fourth-order valence-electron chi connectivity index (χ4n) is 5.08. The lowest BCUT2D eigenvalue weighted by Gasteiger charge is -2.26. The van der Waals surface area contributed by atoms with Gasteiger partial charge in [0.2, 0.25) is 0 Å².